The average molecular weight is 2070 g/mol. The zero-order valence-corrected chi connectivity index (χ0v) is 113. The van der Waals surface area contributed by atoms with Crippen molar-refractivity contribution in [2.45, 2.75) is 550 Å². The van der Waals surface area contributed by atoms with Gasteiger partial charge in [-0.3, -0.25) is 0 Å². The minimum Gasteiger partial charge on any atom is -0.381 e. The van der Waals surface area contributed by atoms with E-state index in [-0.39, 0.29) is 0 Å². The van der Waals surface area contributed by atoms with Gasteiger partial charge in [0.1, 0.15) is 0 Å². The van der Waals surface area contributed by atoms with E-state index in [4.69, 9.17) is 18.9 Å². The highest BCUT2D eigenvalue weighted by Crippen LogP contribution is 2.74. The van der Waals surface area contributed by atoms with Crippen LogP contribution in [-0.2, 0) is 18.9 Å². The fraction of sp³-hybridized carbons (Fsp3) is 1.00. The van der Waals surface area contributed by atoms with Crippen molar-refractivity contribution in [1.82, 2.24) is 0 Å². The highest BCUT2D eigenvalue weighted by molar-refractivity contribution is 5.16. The van der Waals surface area contributed by atoms with E-state index in [1.165, 1.54) is 122 Å². The summed E-state index contributed by atoms with van der Waals surface area (Å²) in [6.07, 6.45) is 30.3. The molecule has 147 heavy (non-hydrogen) atoms. The van der Waals surface area contributed by atoms with E-state index in [0.29, 0.717) is 77.8 Å². The van der Waals surface area contributed by atoms with E-state index in [1.54, 1.807) is 12.8 Å². The van der Waals surface area contributed by atoms with Crippen molar-refractivity contribution in [3.63, 3.8) is 0 Å². The molecule has 0 N–H and O–H groups in total. The maximum Gasteiger partial charge on any atom is 0.0531 e. The molecule has 8 saturated carbocycles. The third-order valence-electron chi connectivity index (χ3n) is 48.8. The molecule has 4 nitrogen and oxygen atoms in total. The Hall–Kier alpha value is -0.160. The molecule has 4 aliphatic heterocycles. The molecule has 4 heteroatoms. The van der Waals surface area contributed by atoms with E-state index < -0.39 is 0 Å². The predicted octanol–water partition coefficient (Wildman–Crippen LogP) is 44.5. The second-order valence-corrected chi connectivity index (χ2v) is 63.5. The van der Waals surface area contributed by atoms with Gasteiger partial charge in [0.25, 0.3) is 0 Å². The summed E-state index contributed by atoms with van der Waals surface area (Å²) in [5, 5.41) is 0. The standard InChI is InChI=1S/2C15H28.2C15H30.3C14H28O.2C14H28.C13H26O/c2*1-9(2)13-7-12-8-14(12)15(13,10(3)4)11(5)6;2*1-11(2)14-9-7-8-10-15(14,12(3)4)13(5)6;1-10(2)13-9-15-8-7-14(13,11(3)4)12(5)6;2*1-10(2)13-7-8-15-9-14(13,11(3)4)12(5)6;2*1-10(2)13-8-7-9-14(13,11(3)4)12(5)6;1-9(2)12-7-14-8-13(12,10(3)4)11(5)6/h2*9-14H,7-8H2,1-6H3;2*11-14H,7-10H2,1-6H3;3*10-13H,7-9H2,1-6H3;2*10-13H,7-9H2,1-6H3;9-12H,7-8H2,1-6H3/t12-,13+,14+;12-,13-,14+;2*14-;5*13-;12-/m1110110101/s1. The van der Waals surface area contributed by atoms with Gasteiger partial charge in [-0.1, -0.05) is 454 Å². The van der Waals surface area contributed by atoms with Gasteiger partial charge in [-0.05, 0) is 395 Å². The number of rotatable bonds is 30. The van der Waals surface area contributed by atoms with Crippen molar-refractivity contribution in [2.24, 2.45) is 315 Å². The summed E-state index contributed by atoms with van der Waals surface area (Å²) in [6.45, 7) is 152. The zero-order valence-electron chi connectivity index (χ0n) is 113. The Bertz CT molecular complexity index is 2960. The van der Waals surface area contributed by atoms with Gasteiger partial charge in [0.2, 0.25) is 0 Å². The molecule has 0 bridgehead atoms. The molecule has 0 unspecified atom stereocenters. The van der Waals surface area contributed by atoms with Crippen LogP contribution in [0.15, 0.2) is 0 Å². The molecule has 14 atom stereocenters. The van der Waals surface area contributed by atoms with Gasteiger partial charge < -0.3 is 18.9 Å². The molecule has 12 aliphatic rings. The van der Waals surface area contributed by atoms with Crippen molar-refractivity contribution in [2.75, 3.05) is 52.9 Å². The first-order valence-corrected chi connectivity index (χ1v) is 66.0. The summed E-state index contributed by atoms with van der Waals surface area (Å²) in [5.41, 5.74) is 5.53. The number of hydrogen-bond donors (Lipinski definition) is 0. The monoisotopic (exact) mass is 2060 g/mol. The molecular formula is C143H282O4. The van der Waals surface area contributed by atoms with E-state index >= 15 is 0 Å². The SMILES string of the molecule is CC(C)[C@@H]1CCCC1(C(C)C)C(C)C.CC(C)[C@@H]1CCCCC1(C(C)C)C(C)C.CC(C)[C@@H]1CCOCC1(C(C)C)C(C)C.CC(C)[C@@H]1C[C@@H]2C[C@@H]2C1(C(C)C)C(C)C.CC(C)[C@H]1CCCC1(C(C)C)C(C)C.CC(C)[C@H]1CCCCC1(C(C)C)C(C)C.CC(C)[C@H]1CCOCC1(C(C)C)C(C)C.CC(C)[C@H]1COCC1(C(C)C)C(C)C.CC(C)[C@H]1COCCC1(C(C)C)C(C)C.CC(C)[C@H]1C[C@@H]2C[C@@H]2C1(C(C)C)C(C)C. The zero-order chi connectivity index (χ0) is 114. The summed E-state index contributed by atoms with van der Waals surface area (Å²) in [7, 11) is 0. The molecule has 4 heterocycles. The minimum absolute atomic E-state index is 0.395. The quantitative estimate of drug-likeness (QED) is 0.0718. The predicted molar refractivity (Wildman–Crippen MR) is 659 cm³/mol. The summed E-state index contributed by atoms with van der Waals surface area (Å²) >= 11 is 0. The van der Waals surface area contributed by atoms with Crippen LogP contribution in [0, 0.1) is 315 Å². The van der Waals surface area contributed by atoms with Gasteiger partial charge in [-0.2, -0.15) is 0 Å². The lowest BCUT2D eigenvalue weighted by Crippen LogP contribution is -2.49. The normalized spacial score (nSPS) is 28.9. The number of hydrogen-bond acceptors (Lipinski definition) is 4. The van der Waals surface area contributed by atoms with E-state index in [1.807, 2.05) is 0 Å². The van der Waals surface area contributed by atoms with Gasteiger partial charge >= 0.3 is 0 Å². The first kappa shape index (κ1) is 141. The highest BCUT2D eigenvalue weighted by atomic mass is 16.5. The average Bonchev–Trinajstić information content (AvgIpc) is 1.54. The molecular weight excluding hydrogens is 1780 g/mol. The molecule has 878 valence electrons. The highest BCUT2D eigenvalue weighted by Gasteiger charge is 2.67. The lowest BCUT2D eigenvalue weighted by molar-refractivity contribution is -0.120. The minimum atomic E-state index is 0.395. The van der Waals surface area contributed by atoms with Gasteiger partial charge in [-0.15, -0.1) is 0 Å². The molecule has 4 saturated heterocycles. The van der Waals surface area contributed by atoms with Crippen molar-refractivity contribution >= 4 is 0 Å². The Kier molecular flexibility index (Phi) is 58.0. The molecule has 8 aliphatic carbocycles. The first-order valence-electron chi connectivity index (χ1n) is 66.0. The number of ether oxygens (including phenoxy) is 4. The van der Waals surface area contributed by atoms with Crippen molar-refractivity contribution in [3.8, 4) is 0 Å². The van der Waals surface area contributed by atoms with Crippen molar-refractivity contribution in [3.05, 3.63) is 0 Å². The second-order valence-electron chi connectivity index (χ2n) is 63.5. The summed E-state index contributed by atoms with van der Waals surface area (Å²) < 4.78 is 23.0. The third kappa shape index (κ3) is 30.8. The van der Waals surface area contributed by atoms with Gasteiger partial charge in [0, 0.05) is 36.1 Å². The molecule has 12 fully saturated rings. The van der Waals surface area contributed by atoms with Crippen LogP contribution in [0.25, 0.3) is 0 Å². The van der Waals surface area contributed by atoms with Gasteiger partial charge in [0.15, 0.2) is 0 Å². The maximum absolute atomic E-state index is 5.79. The Morgan fingerprint density at radius 3 is 0.517 bits per heavy atom. The fourth-order valence-electron chi connectivity index (χ4n) is 41.5. The van der Waals surface area contributed by atoms with Crippen LogP contribution >= 0.6 is 0 Å². The smallest absolute Gasteiger partial charge is 0.0531 e. The van der Waals surface area contributed by atoms with Crippen molar-refractivity contribution < 1.29 is 18.9 Å². The largest absolute Gasteiger partial charge is 0.381 e. The first-order chi connectivity index (χ1) is 67.7. The summed E-state index contributed by atoms with van der Waals surface area (Å²) in [6, 6.07) is 0. The topological polar surface area (TPSA) is 36.9 Å². The Morgan fingerprint density at radius 1 is 0.150 bits per heavy atom. The fourth-order valence-corrected chi connectivity index (χ4v) is 41.5. The molecule has 0 aromatic carbocycles. The maximum atomic E-state index is 5.79. The van der Waals surface area contributed by atoms with Crippen LogP contribution in [0.1, 0.15) is 550 Å². The lowest BCUT2D eigenvalue weighted by Gasteiger charge is -2.52. The van der Waals surface area contributed by atoms with Gasteiger partial charge in [-0.25, -0.2) is 0 Å². The molecule has 12 rings (SSSR count). The molecule has 0 spiro atoms. The summed E-state index contributed by atoms with van der Waals surface area (Å²) in [5.74, 6) is 37.5. The molecule has 0 aromatic heterocycles. The van der Waals surface area contributed by atoms with Crippen LogP contribution in [-0.4, -0.2) is 52.9 Å². The van der Waals surface area contributed by atoms with E-state index in [9.17, 15) is 0 Å². The lowest BCUT2D eigenvalue weighted by atomic mass is 9.53. The van der Waals surface area contributed by atoms with Gasteiger partial charge in [0.05, 0.1) is 33.0 Å². The second kappa shape index (κ2) is 60.5. The Balaban J connectivity index is 0.000000420. The van der Waals surface area contributed by atoms with E-state index in [0.717, 1.165) is 290 Å². The Morgan fingerprint density at radius 2 is 0.333 bits per heavy atom. The van der Waals surface area contributed by atoms with Crippen LogP contribution in [0.4, 0.5) is 0 Å². The van der Waals surface area contributed by atoms with Crippen LogP contribution in [0.2, 0.25) is 0 Å². The molecule has 0 radical (unpaired) electrons. The van der Waals surface area contributed by atoms with E-state index in [2.05, 4.69) is 415 Å². The number of fused-ring (bicyclic) bond motifs is 2. The molecule has 0 aromatic rings. The van der Waals surface area contributed by atoms with Crippen molar-refractivity contribution in [1.29, 1.82) is 0 Å². The molecule has 0 amide bonds. The summed E-state index contributed by atoms with van der Waals surface area (Å²) in [4.78, 5) is 0. The Labute approximate surface area is 930 Å². The van der Waals surface area contributed by atoms with Crippen LogP contribution < -0.4 is 0 Å². The van der Waals surface area contributed by atoms with Crippen LogP contribution in [0.5, 0.6) is 0 Å². The van der Waals surface area contributed by atoms with Crippen LogP contribution in [0.3, 0.4) is 0 Å². The third-order valence-corrected chi connectivity index (χ3v) is 48.8.